The van der Waals surface area contributed by atoms with Gasteiger partial charge in [-0.25, -0.2) is 0 Å². The van der Waals surface area contributed by atoms with Crippen LogP contribution < -0.4 is 4.74 Å². The standard InChI is InChI=1S/C7H4F3IOS/c8-7(9,10)12-6-2-1-4(13)3-5(6)11/h1-3,13H. The van der Waals surface area contributed by atoms with Crippen molar-refractivity contribution in [3.8, 4) is 5.75 Å². The average molecular weight is 320 g/mol. The molecule has 0 aliphatic heterocycles. The van der Waals surface area contributed by atoms with Gasteiger partial charge >= 0.3 is 6.36 Å². The molecule has 0 spiro atoms. The van der Waals surface area contributed by atoms with Crippen molar-refractivity contribution in [3.05, 3.63) is 21.8 Å². The van der Waals surface area contributed by atoms with Crippen molar-refractivity contribution in [1.29, 1.82) is 0 Å². The monoisotopic (exact) mass is 320 g/mol. The summed E-state index contributed by atoms with van der Waals surface area (Å²) in [6.45, 7) is 0. The number of thiol groups is 1. The molecule has 0 unspecified atom stereocenters. The van der Waals surface area contributed by atoms with Gasteiger partial charge < -0.3 is 4.74 Å². The highest BCUT2D eigenvalue weighted by Crippen LogP contribution is 2.28. The lowest BCUT2D eigenvalue weighted by molar-refractivity contribution is -0.275. The molecule has 1 aromatic carbocycles. The summed E-state index contributed by atoms with van der Waals surface area (Å²) in [6, 6.07) is 4.16. The SMILES string of the molecule is FC(F)(F)Oc1ccc(S)cc1I. The highest BCUT2D eigenvalue weighted by atomic mass is 127. The lowest BCUT2D eigenvalue weighted by atomic mass is 10.3. The molecule has 0 radical (unpaired) electrons. The van der Waals surface area contributed by atoms with Crippen molar-refractivity contribution >= 4 is 35.2 Å². The Kier molecular flexibility index (Phi) is 3.33. The Hall–Kier alpha value is -0.110. The van der Waals surface area contributed by atoms with Gasteiger partial charge in [0.25, 0.3) is 0 Å². The molecule has 1 nitrogen and oxygen atoms in total. The predicted molar refractivity (Wildman–Crippen MR) is 53.1 cm³/mol. The maximum atomic E-state index is 11.8. The Morgan fingerprint density at radius 3 is 2.38 bits per heavy atom. The Morgan fingerprint density at radius 2 is 1.92 bits per heavy atom. The zero-order chi connectivity index (χ0) is 10.1. The van der Waals surface area contributed by atoms with E-state index >= 15 is 0 Å². The quantitative estimate of drug-likeness (QED) is 0.616. The highest BCUT2D eigenvalue weighted by molar-refractivity contribution is 14.1. The molecular formula is C7H4F3IOS. The summed E-state index contributed by atoms with van der Waals surface area (Å²) in [5.41, 5.74) is 0. The second-order valence-electron chi connectivity index (χ2n) is 2.16. The van der Waals surface area contributed by atoms with Gasteiger partial charge in [-0.2, -0.15) is 0 Å². The van der Waals surface area contributed by atoms with Gasteiger partial charge in [0.05, 0.1) is 3.57 Å². The van der Waals surface area contributed by atoms with E-state index in [-0.39, 0.29) is 5.75 Å². The summed E-state index contributed by atoms with van der Waals surface area (Å²) in [5.74, 6) is -0.203. The smallest absolute Gasteiger partial charge is 0.405 e. The van der Waals surface area contributed by atoms with Crippen LogP contribution in [0.1, 0.15) is 0 Å². The zero-order valence-electron chi connectivity index (χ0n) is 6.10. The van der Waals surface area contributed by atoms with Crippen LogP contribution in [0.5, 0.6) is 5.75 Å². The molecule has 0 aliphatic carbocycles. The number of halogens is 4. The summed E-state index contributed by atoms with van der Waals surface area (Å²) in [5, 5.41) is 0. The fourth-order valence-corrected chi connectivity index (χ4v) is 1.77. The first kappa shape index (κ1) is 11.0. The van der Waals surface area contributed by atoms with Gasteiger partial charge in [0.2, 0.25) is 0 Å². The van der Waals surface area contributed by atoms with Gasteiger partial charge in [-0.3, -0.25) is 0 Å². The first-order valence-corrected chi connectivity index (χ1v) is 4.65. The lowest BCUT2D eigenvalue weighted by Gasteiger charge is -2.10. The fourth-order valence-electron chi connectivity index (χ4n) is 0.697. The summed E-state index contributed by atoms with van der Waals surface area (Å²) in [6.07, 6.45) is -4.64. The van der Waals surface area contributed by atoms with E-state index in [9.17, 15) is 13.2 Å². The average Bonchev–Trinajstić information content (AvgIpc) is 1.93. The van der Waals surface area contributed by atoms with Crippen molar-refractivity contribution in [3.63, 3.8) is 0 Å². The Balaban J connectivity index is 2.90. The van der Waals surface area contributed by atoms with E-state index in [1.54, 1.807) is 22.6 Å². The fraction of sp³-hybridized carbons (Fsp3) is 0.143. The molecule has 0 heterocycles. The number of ether oxygens (including phenoxy) is 1. The van der Waals surface area contributed by atoms with Crippen molar-refractivity contribution in [2.45, 2.75) is 11.3 Å². The molecule has 1 aromatic rings. The van der Waals surface area contributed by atoms with Crippen molar-refractivity contribution in [2.24, 2.45) is 0 Å². The van der Waals surface area contributed by atoms with Crippen molar-refractivity contribution in [1.82, 2.24) is 0 Å². The normalized spacial score (nSPS) is 11.5. The van der Waals surface area contributed by atoms with Crippen LogP contribution in [-0.4, -0.2) is 6.36 Å². The molecule has 0 saturated carbocycles. The van der Waals surface area contributed by atoms with E-state index in [0.29, 0.717) is 8.47 Å². The van der Waals surface area contributed by atoms with E-state index in [1.165, 1.54) is 18.2 Å². The van der Waals surface area contributed by atoms with E-state index in [2.05, 4.69) is 17.4 Å². The van der Waals surface area contributed by atoms with Crippen LogP contribution in [0.15, 0.2) is 23.1 Å². The van der Waals surface area contributed by atoms with Crippen LogP contribution in [0.4, 0.5) is 13.2 Å². The minimum atomic E-state index is -4.64. The number of alkyl halides is 3. The molecule has 0 saturated heterocycles. The first-order chi connectivity index (χ1) is 5.88. The van der Waals surface area contributed by atoms with Crippen molar-refractivity contribution < 1.29 is 17.9 Å². The minimum Gasteiger partial charge on any atom is -0.405 e. The molecule has 6 heteroatoms. The van der Waals surface area contributed by atoms with Gasteiger partial charge in [-0.05, 0) is 40.8 Å². The second kappa shape index (κ2) is 3.95. The Morgan fingerprint density at radius 1 is 1.31 bits per heavy atom. The van der Waals surface area contributed by atoms with Gasteiger partial charge in [-0.15, -0.1) is 25.8 Å². The molecule has 1 rings (SSSR count). The summed E-state index contributed by atoms with van der Waals surface area (Å²) >= 11 is 5.72. The number of benzene rings is 1. The van der Waals surface area contributed by atoms with Crippen LogP contribution in [0.2, 0.25) is 0 Å². The minimum absolute atomic E-state index is 0.203. The summed E-state index contributed by atoms with van der Waals surface area (Å²) < 4.78 is 39.5. The number of hydrogen-bond donors (Lipinski definition) is 1. The van der Waals surface area contributed by atoms with Crippen LogP contribution in [-0.2, 0) is 0 Å². The van der Waals surface area contributed by atoms with E-state index in [0.717, 1.165) is 0 Å². The maximum Gasteiger partial charge on any atom is 0.573 e. The Bertz CT molecular complexity index is 313. The van der Waals surface area contributed by atoms with Gasteiger partial charge in [0.1, 0.15) is 5.75 Å². The third-order valence-electron chi connectivity index (χ3n) is 1.14. The molecule has 0 bridgehead atoms. The summed E-state index contributed by atoms with van der Waals surface area (Å²) in [7, 11) is 0. The first-order valence-electron chi connectivity index (χ1n) is 3.13. The van der Waals surface area contributed by atoms with E-state index in [4.69, 9.17) is 0 Å². The predicted octanol–water partition coefficient (Wildman–Crippen LogP) is 3.48. The van der Waals surface area contributed by atoms with Crippen LogP contribution in [0, 0.1) is 3.57 Å². The summed E-state index contributed by atoms with van der Waals surface area (Å²) in [4.78, 5) is 0.596. The van der Waals surface area contributed by atoms with Crippen LogP contribution in [0.25, 0.3) is 0 Å². The topological polar surface area (TPSA) is 9.23 Å². The maximum absolute atomic E-state index is 11.8. The Labute approximate surface area is 91.8 Å². The third-order valence-corrected chi connectivity index (χ3v) is 2.26. The van der Waals surface area contributed by atoms with E-state index in [1.807, 2.05) is 0 Å². The van der Waals surface area contributed by atoms with Gasteiger partial charge in [0, 0.05) is 4.90 Å². The van der Waals surface area contributed by atoms with Crippen LogP contribution >= 0.6 is 35.2 Å². The number of rotatable bonds is 1. The van der Waals surface area contributed by atoms with Gasteiger partial charge in [0.15, 0.2) is 0 Å². The molecule has 72 valence electrons. The number of hydrogen-bond acceptors (Lipinski definition) is 2. The lowest BCUT2D eigenvalue weighted by Crippen LogP contribution is -2.17. The van der Waals surface area contributed by atoms with E-state index < -0.39 is 6.36 Å². The second-order valence-corrected chi connectivity index (χ2v) is 3.84. The molecule has 0 atom stereocenters. The van der Waals surface area contributed by atoms with Crippen molar-refractivity contribution in [2.75, 3.05) is 0 Å². The molecule has 0 aromatic heterocycles. The molecule has 0 aliphatic rings. The largest absolute Gasteiger partial charge is 0.573 e. The molecule has 0 amide bonds. The van der Waals surface area contributed by atoms with Gasteiger partial charge in [-0.1, -0.05) is 0 Å². The highest BCUT2D eigenvalue weighted by Gasteiger charge is 2.31. The zero-order valence-corrected chi connectivity index (χ0v) is 9.15. The molecule has 0 N–H and O–H groups in total. The van der Waals surface area contributed by atoms with Crippen LogP contribution in [0.3, 0.4) is 0 Å². The molecular weight excluding hydrogens is 316 g/mol. The third kappa shape index (κ3) is 3.63. The molecule has 0 fully saturated rings. The molecule has 13 heavy (non-hydrogen) atoms.